The highest BCUT2D eigenvalue weighted by molar-refractivity contribution is 5.80. The van der Waals surface area contributed by atoms with Crippen molar-refractivity contribution < 1.29 is 29.4 Å². The number of carboxylic acids is 2. The maximum absolute atomic E-state index is 13.0. The number of hydrogen-bond acceptors (Lipinski definition) is 6. The van der Waals surface area contributed by atoms with Crippen molar-refractivity contribution in [2.45, 2.75) is 76.3 Å². The lowest BCUT2D eigenvalue weighted by molar-refractivity contribution is -0.146. The summed E-state index contributed by atoms with van der Waals surface area (Å²) in [6.45, 7) is 2.26. The number of aliphatic carboxylic acids is 2. The van der Waals surface area contributed by atoms with E-state index in [0.717, 1.165) is 51.4 Å². The minimum absolute atomic E-state index is 0.00838. The summed E-state index contributed by atoms with van der Waals surface area (Å²) in [6, 6.07) is -0.570. The van der Waals surface area contributed by atoms with E-state index in [9.17, 15) is 29.4 Å². The molecular weight excluding hydrogens is 440 g/mol. The molecule has 2 heterocycles. The van der Waals surface area contributed by atoms with Gasteiger partial charge in [-0.1, -0.05) is 12.8 Å². The van der Waals surface area contributed by atoms with Gasteiger partial charge in [0.05, 0.1) is 26.2 Å². The zero-order valence-electron chi connectivity index (χ0n) is 20.2. The highest BCUT2D eigenvalue weighted by Gasteiger charge is 2.38. The van der Waals surface area contributed by atoms with Gasteiger partial charge >= 0.3 is 11.9 Å². The first kappa shape index (κ1) is 26.4. The largest absolute Gasteiger partial charge is 0.480 e. The summed E-state index contributed by atoms with van der Waals surface area (Å²) in [6.07, 6.45) is 9.17. The van der Waals surface area contributed by atoms with Gasteiger partial charge in [0.15, 0.2) is 0 Å². The fourth-order valence-corrected chi connectivity index (χ4v) is 5.71. The number of likely N-dealkylation sites (tertiary alicyclic amines) is 2. The Balaban J connectivity index is 1.76. The van der Waals surface area contributed by atoms with Crippen LogP contribution < -0.4 is 0 Å². The molecule has 0 bridgehead atoms. The maximum Gasteiger partial charge on any atom is 0.317 e. The fourth-order valence-electron chi connectivity index (χ4n) is 5.71. The third-order valence-electron chi connectivity index (χ3n) is 7.40. The van der Waals surface area contributed by atoms with Gasteiger partial charge < -0.3 is 20.0 Å². The van der Waals surface area contributed by atoms with Crippen molar-refractivity contribution in [1.82, 2.24) is 19.6 Å². The minimum atomic E-state index is -1.01. The van der Waals surface area contributed by atoms with Crippen LogP contribution >= 0.6 is 0 Å². The highest BCUT2D eigenvalue weighted by atomic mass is 16.4. The van der Waals surface area contributed by atoms with Crippen LogP contribution in [0.15, 0.2) is 0 Å². The molecule has 0 aromatic carbocycles. The maximum atomic E-state index is 13.0. The van der Waals surface area contributed by atoms with Crippen molar-refractivity contribution in [3.63, 3.8) is 0 Å². The Morgan fingerprint density at radius 2 is 0.912 bits per heavy atom. The second-order valence-corrected chi connectivity index (χ2v) is 9.90. The molecule has 2 atom stereocenters. The second kappa shape index (κ2) is 13.0. The zero-order chi connectivity index (χ0) is 24.5. The number of rotatable bonds is 10. The Hall–Kier alpha value is -2.20. The zero-order valence-corrected chi connectivity index (χ0v) is 20.2. The van der Waals surface area contributed by atoms with E-state index in [2.05, 4.69) is 0 Å². The molecule has 2 amide bonds. The summed E-state index contributed by atoms with van der Waals surface area (Å²) < 4.78 is 0. The molecule has 2 unspecified atom stereocenters. The van der Waals surface area contributed by atoms with Crippen LogP contribution in [0.25, 0.3) is 0 Å². The van der Waals surface area contributed by atoms with Crippen LogP contribution in [0.2, 0.25) is 0 Å². The first-order valence-corrected chi connectivity index (χ1v) is 12.8. The summed E-state index contributed by atoms with van der Waals surface area (Å²) >= 11 is 0. The molecule has 10 heteroatoms. The smallest absolute Gasteiger partial charge is 0.317 e. The van der Waals surface area contributed by atoms with Crippen molar-refractivity contribution in [1.29, 1.82) is 0 Å². The summed E-state index contributed by atoms with van der Waals surface area (Å²) in [5.41, 5.74) is 0. The third-order valence-corrected chi connectivity index (χ3v) is 7.40. The fraction of sp³-hybridized carbons (Fsp3) is 0.833. The van der Waals surface area contributed by atoms with E-state index in [1.807, 2.05) is 9.80 Å². The van der Waals surface area contributed by atoms with Gasteiger partial charge in [0.2, 0.25) is 11.8 Å². The van der Waals surface area contributed by atoms with Crippen LogP contribution in [0.5, 0.6) is 0 Å². The Labute approximate surface area is 201 Å². The average molecular weight is 481 g/mol. The molecule has 3 rings (SSSR count). The van der Waals surface area contributed by atoms with E-state index in [0.29, 0.717) is 39.0 Å². The Morgan fingerprint density at radius 3 is 1.24 bits per heavy atom. The number of nitrogens with zero attached hydrogens (tertiary/aromatic N) is 4. The first-order chi connectivity index (χ1) is 16.3. The van der Waals surface area contributed by atoms with Crippen molar-refractivity contribution in [3.8, 4) is 0 Å². The molecule has 3 fully saturated rings. The van der Waals surface area contributed by atoms with Gasteiger partial charge in [-0.25, -0.2) is 0 Å². The van der Waals surface area contributed by atoms with Crippen LogP contribution in [0, 0.1) is 0 Å². The van der Waals surface area contributed by atoms with Crippen LogP contribution in [-0.2, 0) is 19.2 Å². The minimum Gasteiger partial charge on any atom is -0.480 e. The molecule has 3 aliphatic rings. The topological polar surface area (TPSA) is 122 Å². The molecule has 0 aromatic rings. The van der Waals surface area contributed by atoms with Crippen molar-refractivity contribution in [2.75, 3.05) is 52.4 Å². The van der Waals surface area contributed by atoms with E-state index in [-0.39, 0.29) is 50.1 Å². The number of carbonyl (C=O) groups is 4. The number of carbonyl (C=O) groups excluding carboxylic acids is 2. The van der Waals surface area contributed by atoms with Crippen molar-refractivity contribution in [2.24, 2.45) is 0 Å². The second-order valence-electron chi connectivity index (χ2n) is 9.90. The highest BCUT2D eigenvalue weighted by Crippen LogP contribution is 2.28. The van der Waals surface area contributed by atoms with Crippen LogP contribution in [0.1, 0.15) is 64.2 Å². The van der Waals surface area contributed by atoms with Gasteiger partial charge in [-0.05, 0) is 51.4 Å². The molecule has 1 aliphatic carbocycles. The third kappa shape index (κ3) is 7.66. The summed E-state index contributed by atoms with van der Waals surface area (Å²) in [7, 11) is 0. The van der Waals surface area contributed by atoms with Gasteiger partial charge in [0.25, 0.3) is 0 Å². The predicted octanol–water partition coefficient (Wildman–Crippen LogP) is 1.10. The molecule has 1 saturated carbocycles. The van der Waals surface area contributed by atoms with Crippen LogP contribution in [0.4, 0.5) is 0 Å². The van der Waals surface area contributed by atoms with Gasteiger partial charge in [-0.2, -0.15) is 0 Å². The van der Waals surface area contributed by atoms with E-state index < -0.39 is 11.9 Å². The SMILES string of the molecule is O=C(O)CN(CC(=O)N1CCCCC1)C1CCCCC1N(CC(=O)O)CC(=O)N1CCCCC1. The van der Waals surface area contributed by atoms with E-state index in [1.165, 1.54) is 0 Å². The number of piperidine rings is 2. The molecule has 0 radical (unpaired) electrons. The van der Waals surface area contributed by atoms with Crippen molar-refractivity contribution >= 4 is 23.8 Å². The lowest BCUT2D eigenvalue weighted by Crippen LogP contribution is -2.59. The number of carboxylic acid groups (broad SMARTS) is 2. The average Bonchev–Trinajstić information content (AvgIpc) is 2.83. The quantitative estimate of drug-likeness (QED) is 0.477. The molecule has 2 aliphatic heterocycles. The lowest BCUT2D eigenvalue weighted by atomic mass is 9.87. The number of hydrogen-bond donors (Lipinski definition) is 2. The molecule has 10 nitrogen and oxygen atoms in total. The summed E-state index contributed by atoms with van der Waals surface area (Å²) in [5, 5.41) is 19.2. The number of amides is 2. The van der Waals surface area contributed by atoms with Gasteiger partial charge in [0, 0.05) is 38.3 Å². The first-order valence-electron chi connectivity index (χ1n) is 12.8. The van der Waals surface area contributed by atoms with Crippen molar-refractivity contribution in [3.05, 3.63) is 0 Å². The monoisotopic (exact) mass is 480 g/mol. The standard InChI is InChI=1S/C24H40N4O6/c29-21(25-11-5-1-6-12-25)15-27(17-23(31)32)19-9-3-4-10-20(19)28(18-24(33)34)16-22(30)26-13-7-2-8-14-26/h19-20H,1-18H2,(H,31,32)(H,33,34). The van der Waals surface area contributed by atoms with E-state index in [1.54, 1.807) is 9.80 Å². The van der Waals surface area contributed by atoms with E-state index in [4.69, 9.17) is 0 Å². The Kier molecular flexibility index (Phi) is 10.1. The van der Waals surface area contributed by atoms with Crippen LogP contribution in [0.3, 0.4) is 0 Å². The molecule has 192 valence electrons. The molecule has 0 spiro atoms. The van der Waals surface area contributed by atoms with Gasteiger partial charge in [0.1, 0.15) is 0 Å². The van der Waals surface area contributed by atoms with Crippen LogP contribution in [-0.4, -0.2) is 118 Å². The Morgan fingerprint density at radius 1 is 0.559 bits per heavy atom. The van der Waals surface area contributed by atoms with Gasteiger partial charge in [-0.15, -0.1) is 0 Å². The summed E-state index contributed by atoms with van der Waals surface area (Å²) in [4.78, 5) is 56.5. The Bertz CT molecular complexity index is 660. The molecular formula is C24H40N4O6. The summed E-state index contributed by atoms with van der Waals surface area (Å²) in [5.74, 6) is -2.16. The lowest BCUT2D eigenvalue weighted by Gasteiger charge is -2.44. The molecule has 2 N–H and O–H groups in total. The molecule has 34 heavy (non-hydrogen) atoms. The van der Waals surface area contributed by atoms with Gasteiger partial charge in [-0.3, -0.25) is 29.0 Å². The normalized spacial score (nSPS) is 23.8. The molecule has 2 saturated heterocycles. The van der Waals surface area contributed by atoms with E-state index >= 15 is 0 Å². The molecule has 0 aromatic heterocycles. The predicted molar refractivity (Wildman–Crippen MR) is 125 cm³/mol.